The van der Waals surface area contributed by atoms with Crippen LogP contribution in [0.4, 0.5) is 5.69 Å². The van der Waals surface area contributed by atoms with E-state index in [1.807, 2.05) is 36.0 Å². The number of rotatable bonds is 2. The van der Waals surface area contributed by atoms with Crippen molar-refractivity contribution >= 4 is 29.2 Å². The molecule has 1 aromatic rings. The van der Waals surface area contributed by atoms with Gasteiger partial charge < -0.3 is 14.5 Å². The zero-order chi connectivity index (χ0) is 16.1. The summed E-state index contributed by atoms with van der Waals surface area (Å²) < 4.78 is 5.30. The van der Waals surface area contributed by atoms with E-state index in [9.17, 15) is 0 Å². The normalized spacial score (nSPS) is 21.1. The van der Waals surface area contributed by atoms with Crippen LogP contribution in [0.15, 0.2) is 34.3 Å². The summed E-state index contributed by atoms with van der Waals surface area (Å²) in [6.07, 6.45) is 2.22. The van der Waals surface area contributed by atoms with E-state index >= 15 is 0 Å². The number of thioether (sulfide) groups is 1. The first-order chi connectivity index (χ1) is 11.3. The highest BCUT2D eigenvalue weighted by Crippen LogP contribution is 2.22. The van der Waals surface area contributed by atoms with Crippen molar-refractivity contribution in [2.45, 2.75) is 12.8 Å². The summed E-state index contributed by atoms with van der Waals surface area (Å²) in [5, 5.41) is 0. The monoisotopic (exact) mass is 332 g/mol. The number of guanidine groups is 1. The quantitative estimate of drug-likeness (QED) is 0.617. The highest BCUT2D eigenvalue weighted by molar-refractivity contribution is 7.99. The first-order valence-electron chi connectivity index (χ1n) is 8.10. The van der Waals surface area contributed by atoms with Crippen molar-refractivity contribution in [1.29, 1.82) is 0 Å². The molecule has 6 heteroatoms. The summed E-state index contributed by atoms with van der Waals surface area (Å²) in [6, 6.07) is 7.86. The summed E-state index contributed by atoms with van der Waals surface area (Å²) in [5.74, 6) is 5.08. The van der Waals surface area contributed by atoms with Crippen LogP contribution < -0.4 is 4.74 Å². The standard InChI is InChI=1S/C17H24N4OS/c1-20-8-4-7-16(20)19-17(21-9-11-23-12-10-21)18-14-5-3-6-15(13-14)22-2/h3,5-6,13H,4,7-12H2,1-2H3. The van der Waals surface area contributed by atoms with E-state index in [1.165, 1.54) is 6.42 Å². The fourth-order valence-corrected chi connectivity index (χ4v) is 3.68. The molecule has 5 nitrogen and oxygen atoms in total. The predicted octanol–water partition coefficient (Wildman–Crippen LogP) is 2.86. The minimum atomic E-state index is 0.824. The third kappa shape index (κ3) is 4.19. The van der Waals surface area contributed by atoms with E-state index in [4.69, 9.17) is 14.7 Å². The van der Waals surface area contributed by atoms with Crippen LogP contribution in [-0.4, -0.2) is 66.9 Å². The zero-order valence-corrected chi connectivity index (χ0v) is 14.7. The van der Waals surface area contributed by atoms with E-state index in [1.54, 1.807) is 7.11 Å². The van der Waals surface area contributed by atoms with Gasteiger partial charge in [-0.2, -0.15) is 16.8 Å². The number of likely N-dealkylation sites (tertiary alicyclic amines) is 1. The van der Waals surface area contributed by atoms with Gasteiger partial charge in [-0.15, -0.1) is 0 Å². The Bertz CT molecular complexity index is 596. The van der Waals surface area contributed by atoms with Gasteiger partial charge in [-0.05, 0) is 18.6 Å². The van der Waals surface area contributed by atoms with Crippen molar-refractivity contribution in [3.05, 3.63) is 24.3 Å². The van der Waals surface area contributed by atoms with E-state index in [-0.39, 0.29) is 0 Å². The van der Waals surface area contributed by atoms with E-state index < -0.39 is 0 Å². The lowest BCUT2D eigenvalue weighted by Crippen LogP contribution is -2.38. The molecule has 1 aromatic carbocycles. The molecular weight excluding hydrogens is 308 g/mol. The molecule has 0 radical (unpaired) electrons. The number of hydrogen-bond acceptors (Lipinski definition) is 3. The first-order valence-corrected chi connectivity index (χ1v) is 9.26. The Kier molecular flexibility index (Phi) is 5.43. The first kappa shape index (κ1) is 16.2. The van der Waals surface area contributed by atoms with Crippen LogP contribution in [0.2, 0.25) is 0 Å². The summed E-state index contributed by atoms with van der Waals surface area (Å²) in [5.41, 5.74) is 0.891. The number of aliphatic imine (C=N–C) groups is 2. The van der Waals surface area contributed by atoms with Crippen molar-refractivity contribution in [2.24, 2.45) is 9.98 Å². The van der Waals surface area contributed by atoms with Gasteiger partial charge in [0.2, 0.25) is 5.96 Å². The fraction of sp³-hybridized carbons (Fsp3) is 0.529. The van der Waals surface area contributed by atoms with Gasteiger partial charge in [0.05, 0.1) is 12.8 Å². The van der Waals surface area contributed by atoms with Crippen LogP contribution in [0.5, 0.6) is 5.75 Å². The third-order valence-electron chi connectivity index (χ3n) is 4.14. The molecule has 2 heterocycles. The molecule has 2 aliphatic rings. The minimum Gasteiger partial charge on any atom is -0.497 e. The Morgan fingerprint density at radius 2 is 2.04 bits per heavy atom. The smallest absolute Gasteiger partial charge is 0.227 e. The minimum absolute atomic E-state index is 0.824. The summed E-state index contributed by atoms with van der Waals surface area (Å²) in [4.78, 5) is 14.3. The van der Waals surface area contributed by atoms with Gasteiger partial charge in [-0.3, -0.25) is 0 Å². The lowest BCUT2D eigenvalue weighted by molar-refractivity contribution is 0.415. The molecular formula is C17H24N4OS. The summed E-state index contributed by atoms with van der Waals surface area (Å²) >= 11 is 2.00. The van der Waals surface area contributed by atoms with E-state index in [0.29, 0.717) is 0 Å². The molecule has 2 saturated heterocycles. The van der Waals surface area contributed by atoms with Crippen LogP contribution in [0.1, 0.15) is 12.8 Å². The van der Waals surface area contributed by atoms with Gasteiger partial charge in [0.25, 0.3) is 0 Å². The molecule has 2 fully saturated rings. The largest absolute Gasteiger partial charge is 0.497 e. The number of nitrogens with zero attached hydrogens (tertiary/aromatic N) is 4. The topological polar surface area (TPSA) is 40.4 Å². The maximum absolute atomic E-state index is 5.30. The highest BCUT2D eigenvalue weighted by atomic mass is 32.2. The van der Waals surface area contributed by atoms with Crippen molar-refractivity contribution < 1.29 is 4.74 Å². The maximum Gasteiger partial charge on any atom is 0.227 e. The lowest BCUT2D eigenvalue weighted by Gasteiger charge is -2.28. The second-order valence-corrected chi connectivity index (χ2v) is 6.99. The summed E-state index contributed by atoms with van der Waals surface area (Å²) in [7, 11) is 3.79. The number of hydrogen-bond donors (Lipinski definition) is 0. The Hall–Kier alpha value is -1.69. The fourth-order valence-electron chi connectivity index (χ4n) is 2.78. The molecule has 3 rings (SSSR count). The molecule has 0 saturated carbocycles. The molecule has 0 spiro atoms. The van der Waals surface area contributed by atoms with Gasteiger partial charge in [-0.25, -0.2) is 4.99 Å². The Morgan fingerprint density at radius 3 is 2.74 bits per heavy atom. The van der Waals surface area contributed by atoms with Gasteiger partial charge in [0.15, 0.2) is 0 Å². The average Bonchev–Trinajstić information content (AvgIpc) is 3.00. The van der Waals surface area contributed by atoms with Crippen molar-refractivity contribution in [1.82, 2.24) is 9.80 Å². The van der Waals surface area contributed by atoms with Crippen LogP contribution in [0.3, 0.4) is 0 Å². The van der Waals surface area contributed by atoms with Gasteiger partial charge in [0, 0.05) is 50.7 Å². The SMILES string of the molecule is COc1cccc(N=C(N=C2CCCN2C)N2CCSCC2)c1. The van der Waals surface area contributed by atoms with E-state index in [0.717, 1.165) is 60.8 Å². The molecule has 124 valence electrons. The predicted molar refractivity (Wildman–Crippen MR) is 98.3 cm³/mol. The molecule has 0 atom stereocenters. The van der Waals surface area contributed by atoms with Gasteiger partial charge in [0.1, 0.15) is 11.6 Å². The van der Waals surface area contributed by atoms with E-state index in [2.05, 4.69) is 16.8 Å². The van der Waals surface area contributed by atoms with Crippen molar-refractivity contribution in [3.8, 4) is 5.75 Å². The second kappa shape index (κ2) is 7.73. The number of amidine groups is 1. The Balaban J connectivity index is 1.91. The number of benzene rings is 1. The molecule has 0 N–H and O–H groups in total. The van der Waals surface area contributed by atoms with Crippen LogP contribution >= 0.6 is 11.8 Å². The highest BCUT2D eigenvalue weighted by Gasteiger charge is 2.19. The summed E-state index contributed by atoms with van der Waals surface area (Å²) in [6.45, 7) is 3.10. The average molecular weight is 332 g/mol. The third-order valence-corrected chi connectivity index (χ3v) is 5.08. The van der Waals surface area contributed by atoms with Crippen LogP contribution in [0, 0.1) is 0 Å². The molecule has 0 aliphatic carbocycles. The number of ether oxygens (including phenoxy) is 1. The van der Waals surface area contributed by atoms with Crippen molar-refractivity contribution in [3.63, 3.8) is 0 Å². The Morgan fingerprint density at radius 1 is 1.22 bits per heavy atom. The van der Waals surface area contributed by atoms with Crippen LogP contribution in [-0.2, 0) is 0 Å². The maximum atomic E-state index is 5.30. The van der Waals surface area contributed by atoms with Gasteiger partial charge >= 0.3 is 0 Å². The second-order valence-electron chi connectivity index (χ2n) is 5.77. The van der Waals surface area contributed by atoms with Gasteiger partial charge in [-0.1, -0.05) is 6.07 Å². The molecule has 23 heavy (non-hydrogen) atoms. The number of methoxy groups -OCH3 is 1. The molecule has 0 aromatic heterocycles. The lowest BCUT2D eigenvalue weighted by atomic mass is 10.3. The zero-order valence-electron chi connectivity index (χ0n) is 13.9. The van der Waals surface area contributed by atoms with Crippen LogP contribution in [0.25, 0.3) is 0 Å². The van der Waals surface area contributed by atoms with Crippen molar-refractivity contribution in [2.75, 3.05) is 45.3 Å². The molecule has 0 bridgehead atoms. The Labute approximate surface area is 142 Å². The molecule has 0 amide bonds. The molecule has 0 unspecified atom stereocenters. The molecule has 2 aliphatic heterocycles.